The molecule has 0 aliphatic carbocycles. The number of thiazole rings is 1. The summed E-state index contributed by atoms with van der Waals surface area (Å²) in [7, 11) is 0. The van der Waals surface area contributed by atoms with Crippen LogP contribution in [0.2, 0.25) is 0 Å². The molecule has 0 unspecified atom stereocenters. The van der Waals surface area contributed by atoms with Gasteiger partial charge in [-0.15, -0.1) is 11.3 Å². The number of aromatic nitrogens is 3. The molecule has 7 nitrogen and oxygen atoms in total. The molecule has 1 fully saturated rings. The maximum absolute atomic E-state index is 10.7. The topological polar surface area (TPSA) is 97.3 Å². The molecule has 3 N–H and O–H groups in total. The molecule has 1 saturated heterocycles. The largest absolute Gasteiger partial charge is 0.480 e. The molecule has 0 bridgehead atoms. The van der Waals surface area contributed by atoms with Crippen molar-refractivity contribution in [2.24, 2.45) is 0 Å². The predicted octanol–water partition coefficient (Wildman–Crippen LogP) is 1.39. The average Bonchev–Trinajstić information content (AvgIpc) is 3.08. The Morgan fingerprint density at radius 1 is 1.55 bits per heavy atom. The minimum absolute atomic E-state index is 0.0867. The summed E-state index contributed by atoms with van der Waals surface area (Å²) in [5.74, 6) is -0.517. The van der Waals surface area contributed by atoms with Gasteiger partial charge in [-0.3, -0.25) is 14.4 Å². The van der Waals surface area contributed by atoms with Crippen molar-refractivity contribution in [2.45, 2.75) is 31.8 Å². The number of piperidine rings is 1. The van der Waals surface area contributed by atoms with Gasteiger partial charge in [0.15, 0.2) is 5.13 Å². The van der Waals surface area contributed by atoms with Gasteiger partial charge in [-0.2, -0.15) is 5.10 Å². The Hall–Kier alpha value is -1.93. The zero-order valence-electron chi connectivity index (χ0n) is 12.2. The molecule has 0 saturated carbocycles. The number of aliphatic carboxylic acids is 1. The quantitative estimate of drug-likeness (QED) is 0.863. The van der Waals surface area contributed by atoms with E-state index < -0.39 is 5.97 Å². The second-order valence-corrected chi connectivity index (χ2v) is 6.72. The second-order valence-electron chi connectivity index (χ2n) is 5.57. The number of anilines is 1. The third-order valence-corrected chi connectivity index (χ3v) is 4.64. The molecule has 3 rings (SSSR count). The number of carboxylic acids is 1. The predicted molar refractivity (Wildman–Crippen MR) is 83.6 cm³/mol. The van der Waals surface area contributed by atoms with Crippen molar-refractivity contribution < 1.29 is 9.90 Å². The molecule has 3 heterocycles. The minimum Gasteiger partial charge on any atom is -0.480 e. The molecule has 22 heavy (non-hydrogen) atoms. The van der Waals surface area contributed by atoms with Crippen LogP contribution in [0.5, 0.6) is 0 Å². The Morgan fingerprint density at radius 3 is 3.14 bits per heavy atom. The van der Waals surface area contributed by atoms with E-state index in [4.69, 9.17) is 10.8 Å². The first-order valence-corrected chi connectivity index (χ1v) is 8.09. The number of hydrogen-bond donors (Lipinski definition) is 2. The molecule has 1 atom stereocenters. The molecule has 0 spiro atoms. The normalized spacial score (nSPS) is 19.4. The molecule has 8 heteroatoms. The van der Waals surface area contributed by atoms with Crippen LogP contribution in [0.4, 0.5) is 5.13 Å². The summed E-state index contributed by atoms with van der Waals surface area (Å²) in [6.45, 7) is 2.77. The van der Waals surface area contributed by atoms with Crippen molar-refractivity contribution in [3.63, 3.8) is 0 Å². The van der Waals surface area contributed by atoms with Gasteiger partial charge in [0.1, 0.15) is 6.54 Å². The highest BCUT2D eigenvalue weighted by Gasteiger charge is 2.23. The van der Waals surface area contributed by atoms with E-state index in [1.807, 2.05) is 12.3 Å². The molecular formula is C14H19N5O2S. The Bertz CT molecular complexity index is 653. The lowest BCUT2D eigenvalue weighted by Gasteiger charge is -2.31. The molecule has 0 radical (unpaired) electrons. The van der Waals surface area contributed by atoms with Crippen LogP contribution in [-0.4, -0.2) is 43.8 Å². The van der Waals surface area contributed by atoms with Gasteiger partial charge in [-0.05, 0) is 25.5 Å². The van der Waals surface area contributed by atoms with Crippen molar-refractivity contribution in [3.8, 4) is 0 Å². The lowest BCUT2D eigenvalue weighted by atomic mass is 9.95. The SMILES string of the molecule is Nc1ncc(CN2CCC[C@@H](c3ccn(CC(=O)O)n3)C2)s1. The molecule has 1 aliphatic rings. The maximum Gasteiger partial charge on any atom is 0.325 e. The zero-order valence-corrected chi connectivity index (χ0v) is 13.0. The van der Waals surface area contributed by atoms with Crippen LogP contribution in [0, 0.1) is 0 Å². The van der Waals surface area contributed by atoms with E-state index in [2.05, 4.69) is 15.0 Å². The molecule has 2 aromatic heterocycles. The summed E-state index contributed by atoms with van der Waals surface area (Å²) in [6.07, 6.45) is 5.79. The van der Waals surface area contributed by atoms with Crippen molar-refractivity contribution in [1.29, 1.82) is 0 Å². The summed E-state index contributed by atoms with van der Waals surface area (Å²) in [5.41, 5.74) is 6.65. The highest BCUT2D eigenvalue weighted by Crippen LogP contribution is 2.27. The number of nitrogens with zero attached hydrogens (tertiary/aromatic N) is 4. The molecule has 2 aromatic rings. The van der Waals surface area contributed by atoms with E-state index in [-0.39, 0.29) is 6.54 Å². The van der Waals surface area contributed by atoms with Gasteiger partial charge in [0, 0.05) is 36.3 Å². The van der Waals surface area contributed by atoms with Crippen molar-refractivity contribution in [1.82, 2.24) is 19.7 Å². The highest BCUT2D eigenvalue weighted by molar-refractivity contribution is 7.15. The smallest absolute Gasteiger partial charge is 0.325 e. The van der Waals surface area contributed by atoms with Crippen LogP contribution in [0.15, 0.2) is 18.5 Å². The summed E-state index contributed by atoms with van der Waals surface area (Å²) < 4.78 is 1.49. The lowest BCUT2D eigenvalue weighted by molar-refractivity contribution is -0.137. The lowest BCUT2D eigenvalue weighted by Crippen LogP contribution is -2.33. The molecule has 0 amide bonds. The monoisotopic (exact) mass is 321 g/mol. The number of nitrogens with two attached hydrogens (primary N) is 1. The Morgan fingerprint density at radius 2 is 2.41 bits per heavy atom. The third kappa shape index (κ3) is 3.63. The van der Waals surface area contributed by atoms with E-state index in [1.54, 1.807) is 6.20 Å². The number of carboxylic acid groups (broad SMARTS) is 1. The van der Waals surface area contributed by atoms with Gasteiger partial charge in [0.2, 0.25) is 0 Å². The maximum atomic E-state index is 10.7. The summed E-state index contributed by atoms with van der Waals surface area (Å²) >= 11 is 1.53. The van der Waals surface area contributed by atoms with Crippen LogP contribution in [0.3, 0.4) is 0 Å². The van der Waals surface area contributed by atoms with Crippen LogP contribution in [0.25, 0.3) is 0 Å². The van der Waals surface area contributed by atoms with E-state index in [1.165, 1.54) is 20.9 Å². The zero-order chi connectivity index (χ0) is 15.5. The fraction of sp³-hybridized carbons (Fsp3) is 0.500. The first-order valence-electron chi connectivity index (χ1n) is 7.28. The standard InChI is InChI=1S/C14H19N5O2S/c15-14-16-6-11(22-14)8-18-4-1-2-10(7-18)12-3-5-19(17-12)9-13(20)21/h3,5-6,10H,1-2,4,7-9H2,(H2,15,16)(H,20,21)/t10-/m1/s1. The van der Waals surface area contributed by atoms with Crippen molar-refractivity contribution in [3.05, 3.63) is 29.0 Å². The van der Waals surface area contributed by atoms with Crippen LogP contribution >= 0.6 is 11.3 Å². The fourth-order valence-electron chi connectivity index (χ4n) is 2.88. The summed E-state index contributed by atoms with van der Waals surface area (Å²) in [4.78, 5) is 18.4. The number of nitrogen functional groups attached to an aromatic ring is 1. The van der Waals surface area contributed by atoms with E-state index in [0.717, 1.165) is 38.2 Å². The van der Waals surface area contributed by atoms with Crippen molar-refractivity contribution in [2.75, 3.05) is 18.8 Å². The minimum atomic E-state index is -0.872. The molecular weight excluding hydrogens is 302 g/mol. The Labute approximate surface area is 132 Å². The molecule has 1 aliphatic heterocycles. The van der Waals surface area contributed by atoms with E-state index >= 15 is 0 Å². The van der Waals surface area contributed by atoms with Gasteiger partial charge < -0.3 is 10.8 Å². The van der Waals surface area contributed by atoms with Crippen LogP contribution in [0.1, 0.15) is 29.3 Å². The number of carbonyl (C=O) groups is 1. The Kier molecular flexibility index (Phi) is 4.39. The first-order chi connectivity index (χ1) is 10.6. The second kappa shape index (κ2) is 6.45. The summed E-state index contributed by atoms with van der Waals surface area (Å²) in [5, 5.41) is 13.8. The third-order valence-electron chi connectivity index (χ3n) is 3.83. The number of hydrogen-bond acceptors (Lipinski definition) is 6. The number of likely N-dealkylation sites (tertiary alicyclic amines) is 1. The summed E-state index contributed by atoms with van der Waals surface area (Å²) in [6, 6.07) is 1.93. The number of rotatable bonds is 5. The van der Waals surface area contributed by atoms with Crippen molar-refractivity contribution >= 4 is 22.4 Å². The molecule has 0 aromatic carbocycles. The fourth-order valence-corrected chi connectivity index (χ4v) is 3.61. The average molecular weight is 321 g/mol. The first kappa shape index (κ1) is 15.0. The van der Waals surface area contributed by atoms with Crippen LogP contribution in [-0.2, 0) is 17.9 Å². The van der Waals surface area contributed by atoms with E-state index in [9.17, 15) is 4.79 Å². The Balaban J connectivity index is 1.62. The van der Waals surface area contributed by atoms with Gasteiger partial charge in [-0.25, -0.2) is 4.98 Å². The molecule has 118 valence electrons. The van der Waals surface area contributed by atoms with Gasteiger partial charge in [-0.1, -0.05) is 0 Å². The highest BCUT2D eigenvalue weighted by atomic mass is 32.1. The van der Waals surface area contributed by atoms with Gasteiger partial charge in [0.25, 0.3) is 0 Å². The van der Waals surface area contributed by atoms with Gasteiger partial charge in [0.05, 0.1) is 5.69 Å². The van der Waals surface area contributed by atoms with Gasteiger partial charge >= 0.3 is 5.97 Å². The van der Waals surface area contributed by atoms with Crippen LogP contribution < -0.4 is 5.73 Å². The van der Waals surface area contributed by atoms with E-state index in [0.29, 0.717) is 11.0 Å².